The van der Waals surface area contributed by atoms with Crippen molar-refractivity contribution in [3.63, 3.8) is 0 Å². The fourth-order valence-electron chi connectivity index (χ4n) is 2.99. The molecule has 1 aromatic rings. The molecule has 0 bridgehead atoms. The number of aromatic carboxylic acids is 1. The van der Waals surface area contributed by atoms with Crippen molar-refractivity contribution in [1.82, 2.24) is 0 Å². The van der Waals surface area contributed by atoms with Crippen LogP contribution in [0.2, 0.25) is 0 Å². The van der Waals surface area contributed by atoms with Gasteiger partial charge < -0.3 is 5.11 Å². The zero-order chi connectivity index (χ0) is 13.0. The number of carboxylic acids is 1. The minimum atomic E-state index is -0.807. The first-order valence-corrected chi connectivity index (χ1v) is 6.65. The van der Waals surface area contributed by atoms with Gasteiger partial charge in [0.2, 0.25) is 0 Å². The SMILES string of the molecule is C=CC[C@H]1CC[C@H](c2ccccc2C(=O)O)CC1.[HH]. The Balaban J connectivity index is 0.00000180. The van der Waals surface area contributed by atoms with Gasteiger partial charge >= 0.3 is 5.97 Å². The molecule has 0 unspecified atom stereocenters. The van der Waals surface area contributed by atoms with Crippen molar-refractivity contribution in [1.29, 1.82) is 0 Å². The highest BCUT2D eigenvalue weighted by Crippen LogP contribution is 2.38. The molecule has 0 aromatic heterocycles. The molecule has 1 aliphatic carbocycles. The lowest BCUT2D eigenvalue weighted by Crippen LogP contribution is -2.15. The van der Waals surface area contributed by atoms with E-state index < -0.39 is 5.97 Å². The number of carboxylic acid groups (broad SMARTS) is 1. The maximum absolute atomic E-state index is 11.2. The summed E-state index contributed by atoms with van der Waals surface area (Å²) < 4.78 is 0. The Kier molecular flexibility index (Phi) is 4.19. The van der Waals surface area contributed by atoms with E-state index in [0.29, 0.717) is 11.5 Å². The Morgan fingerprint density at radius 1 is 1.33 bits per heavy atom. The standard InChI is InChI=1S/C16H20O2.H2/c1-2-5-12-8-10-13(11-9-12)14-6-3-4-7-15(14)16(17)18;/h2-4,6-7,12-13H,1,5,8-11H2,(H,17,18);1H/t12-,13-;. The van der Waals surface area contributed by atoms with Crippen molar-refractivity contribution < 1.29 is 11.3 Å². The molecular weight excluding hydrogens is 224 g/mol. The normalized spacial score (nSPS) is 23.6. The van der Waals surface area contributed by atoms with Crippen molar-refractivity contribution in [3.8, 4) is 0 Å². The maximum Gasteiger partial charge on any atom is 0.335 e. The Bertz CT molecular complexity index is 434. The molecule has 0 spiro atoms. The van der Waals surface area contributed by atoms with Gasteiger partial charge in [0, 0.05) is 1.43 Å². The Labute approximate surface area is 110 Å². The van der Waals surface area contributed by atoms with Crippen LogP contribution in [0.4, 0.5) is 0 Å². The highest BCUT2D eigenvalue weighted by molar-refractivity contribution is 5.89. The van der Waals surface area contributed by atoms with E-state index in [2.05, 4.69) is 6.58 Å². The molecule has 2 nitrogen and oxygen atoms in total. The molecule has 0 radical (unpaired) electrons. The minimum Gasteiger partial charge on any atom is -0.478 e. The molecule has 2 heteroatoms. The van der Waals surface area contributed by atoms with Crippen molar-refractivity contribution >= 4 is 5.97 Å². The maximum atomic E-state index is 11.2. The summed E-state index contributed by atoms with van der Waals surface area (Å²) in [4.78, 5) is 11.2. The van der Waals surface area contributed by atoms with Gasteiger partial charge in [0.25, 0.3) is 0 Å². The summed E-state index contributed by atoms with van der Waals surface area (Å²) in [6.45, 7) is 3.79. The van der Waals surface area contributed by atoms with Gasteiger partial charge in [0.05, 0.1) is 5.56 Å². The van der Waals surface area contributed by atoms with E-state index in [1.807, 2.05) is 18.2 Å². The van der Waals surface area contributed by atoms with Crippen LogP contribution in [0, 0.1) is 5.92 Å². The summed E-state index contributed by atoms with van der Waals surface area (Å²) in [6.07, 6.45) is 7.66. The summed E-state index contributed by atoms with van der Waals surface area (Å²) in [5.41, 5.74) is 1.49. The van der Waals surface area contributed by atoms with E-state index in [9.17, 15) is 9.90 Å². The molecule has 0 aliphatic heterocycles. The lowest BCUT2D eigenvalue weighted by molar-refractivity contribution is 0.0694. The van der Waals surface area contributed by atoms with Gasteiger partial charge in [-0.25, -0.2) is 4.79 Å². The third kappa shape index (κ3) is 2.81. The van der Waals surface area contributed by atoms with Gasteiger partial charge in [-0.05, 0) is 55.6 Å². The zero-order valence-corrected chi connectivity index (χ0v) is 10.6. The van der Waals surface area contributed by atoms with Crippen LogP contribution in [-0.4, -0.2) is 11.1 Å². The van der Waals surface area contributed by atoms with E-state index in [-0.39, 0.29) is 1.43 Å². The van der Waals surface area contributed by atoms with E-state index in [4.69, 9.17) is 0 Å². The smallest absolute Gasteiger partial charge is 0.335 e. The third-order valence-corrected chi connectivity index (χ3v) is 3.98. The topological polar surface area (TPSA) is 37.3 Å². The lowest BCUT2D eigenvalue weighted by atomic mass is 9.76. The van der Waals surface area contributed by atoms with Crippen LogP contribution in [0.3, 0.4) is 0 Å². The number of carbonyl (C=O) groups is 1. The van der Waals surface area contributed by atoms with Crippen LogP contribution >= 0.6 is 0 Å². The molecule has 0 heterocycles. The largest absolute Gasteiger partial charge is 0.478 e. The molecule has 1 N–H and O–H groups in total. The van der Waals surface area contributed by atoms with Gasteiger partial charge in [-0.2, -0.15) is 0 Å². The van der Waals surface area contributed by atoms with Gasteiger partial charge in [0.1, 0.15) is 0 Å². The molecule has 1 fully saturated rings. The second kappa shape index (κ2) is 5.85. The first-order valence-electron chi connectivity index (χ1n) is 6.65. The Morgan fingerprint density at radius 3 is 2.61 bits per heavy atom. The fourth-order valence-corrected chi connectivity index (χ4v) is 2.99. The van der Waals surface area contributed by atoms with Crippen LogP contribution in [0.25, 0.3) is 0 Å². The molecule has 2 rings (SSSR count). The third-order valence-electron chi connectivity index (χ3n) is 3.98. The van der Waals surface area contributed by atoms with Crippen LogP contribution in [0.1, 0.15) is 55.4 Å². The molecule has 1 saturated carbocycles. The first-order chi connectivity index (χ1) is 8.72. The highest BCUT2D eigenvalue weighted by Gasteiger charge is 2.24. The van der Waals surface area contributed by atoms with E-state index in [0.717, 1.165) is 30.7 Å². The predicted molar refractivity (Wildman–Crippen MR) is 75.0 cm³/mol. The van der Waals surface area contributed by atoms with Gasteiger partial charge in [-0.1, -0.05) is 24.3 Å². The second-order valence-corrected chi connectivity index (χ2v) is 5.13. The number of benzene rings is 1. The zero-order valence-electron chi connectivity index (χ0n) is 10.6. The molecule has 0 amide bonds. The predicted octanol–water partition coefficient (Wildman–Crippen LogP) is 4.48. The monoisotopic (exact) mass is 246 g/mol. The molecular formula is C16H22O2. The van der Waals surface area contributed by atoms with Crippen molar-refractivity contribution in [2.45, 2.75) is 38.0 Å². The summed E-state index contributed by atoms with van der Waals surface area (Å²) >= 11 is 0. The average Bonchev–Trinajstić information content (AvgIpc) is 2.40. The lowest BCUT2D eigenvalue weighted by Gasteiger charge is -2.28. The van der Waals surface area contributed by atoms with Crippen LogP contribution in [0.15, 0.2) is 36.9 Å². The molecule has 1 aromatic carbocycles. The summed E-state index contributed by atoms with van der Waals surface area (Å²) in [5.74, 6) is 0.355. The number of rotatable bonds is 4. The van der Waals surface area contributed by atoms with Gasteiger partial charge in [-0.3, -0.25) is 0 Å². The van der Waals surface area contributed by atoms with Crippen LogP contribution in [-0.2, 0) is 0 Å². The second-order valence-electron chi connectivity index (χ2n) is 5.13. The minimum absolute atomic E-state index is 0. The van der Waals surface area contributed by atoms with E-state index in [1.165, 1.54) is 12.8 Å². The molecule has 98 valence electrons. The number of allylic oxidation sites excluding steroid dienone is 1. The van der Waals surface area contributed by atoms with Crippen LogP contribution < -0.4 is 0 Å². The van der Waals surface area contributed by atoms with Crippen LogP contribution in [0.5, 0.6) is 0 Å². The summed E-state index contributed by atoms with van der Waals surface area (Å²) in [5, 5.41) is 9.22. The fraction of sp³-hybridized carbons (Fsp3) is 0.438. The van der Waals surface area contributed by atoms with E-state index >= 15 is 0 Å². The average molecular weight is 246 g/mol. The Morgan fingerprint density at radius 2 is 2.00 bits per heavy atom. The summed E-state index contributed by atoms with van der Waals surface area (Å²) in [7, 11) is 0. The number of hydrogen-bond acceptors (Lipinski definition) is 1. The van der Waals surface area contributed by atoms with Crippen molar-refractivity contribution in [2.75, 3.05) is 0 Å². The van der Waals surface area contributed by atoms with E-state index in [1.54, 1.807) is 12.1 Å². The Hall–Kier alpha value is -1.57. The highest BCUT2D eigenvalue weighted by atomic mass is 16.4. The van der Waals surface area contributed by atoms with Crippen molar-refractivity contribution in [3.05, 3.63) is 48.0 Å². The first kappa shape index (κ1) is 12.9. The van der Waals surface area contributed by atoms with Gasteiger partial charge in [0.15, 0.2) is 0 Å². The van der Waals surface area contributed by atoms with Crippen molar-refractivity contribution in [2.24, 2.45) is 5.92 Å². The molecule has 0 saturated heterocycles. The summed E-state index contributed by atoms with van der Waals surface area (Å²) in [6, 6.07) is 7.43. The molecule has 1 aliphatic rings. The quantitative estimate of drug-likeness (QED) is 0.795. The molecule has 18 heavy (non-hydrogen) atoms. The number of hydrogen-bond donors (Lipinski definition) is 1. The van der Waals surface area contributed by atoms with Gasteiger partial charge in [-0.15, -0.1) is 6.58 Å². The molecule has 0 atom stereocenters.